The van der Waals surface area contributed by atoms with Crippen molar-refractivity contribution in [1.29, 1.82) is 0 Å². The van der Waals surface area contributed by atoms with Gasteiger partial charge in [-0.2, -0.15) is 0 Å². The number of nitrogens with zero attached hydrogens (tertiary/aromatic N) is 1. The van der Waals surface area contributed by atoms with Gasteiger partial charge in [-0.05, 0) is 25.1 Å². The van der Waals surface area contributed by atoms with E-state index in [0.717, 1.165) is 4.31 Å². The second-order valence-electron chi connectivity index (χ2n) is 3.76. The molecular formula is C10H18N2O4S. The van der Waals surface area contributed by atoms with Crippen LogP contribution in [0.1, 0.15) is 12.2 Å². The van der Waals surface area contributed by atoms with Crippen molar-refractivity contribution in [2.45, 2.75) is 18.1 Å². The third kappa shape index (κ3) is 3.81. The summed E-state index contributed by atoms with van der Waals surface area (Å²) in [5, 5.41) is 11.6. The Morgan fingerprint density at radius 2 is 2.12 bits per heavy atom. The fourth-order valence-electron chi connectivity index (χ4n) is 1.19. The third-order valence-corrected chi connectivity index (χ3v) is 3.87. The summed E-state index contributed by atoms with van der Waals surface area (Å²) < 4.78 is 29.7. The van der Waals surface area contributed by atoms with E-state index in [1.165, 1.54) is 20.2 Å². The van der Waals surface area contributed by atoms with E-state index in [1.807, 2.05) is 0 Å². The Bertz CT molecular complexity index is 439. The number of hydrogen-bond acceptors (Lipinski definition) is 5. The van der Waals surface area contributed by atoms with Gasteiger partial charge in [0.1, 0.15) is 5.76 Å². The van der Waals surface area contributed by atoms with Gasteiger partial charge >= 0.3 is 0 Å². The Kier molecular flexibility index (Phi) is 5.13. The van der Waals surface area contributed by atoms with E-state index < -0.39 is 10.0 Å². The summed E-state index contributed by atoms with van der Waals surface area (Å²) in [6, 6.07) is 3.07. The predicted octanol–water partition coefficient (Wildman–Crippen LogP) is 0.00190. The maximum atomic E-state index is 11.7. The molecule has 0 radical (unpaired) electrons. The zero-order valence-corrected chi connectivity index (χ0v) is 10.8. The monoisotopic (exact) mass is 262 g/mol. The lowest BCUT2D eigenvalue weighted by Gasteiger charge is -2.07. The molecule has 7 heteroatoms. The lowest BCUT2D eigenvalue weighted by atomic mass is 10.4. The standard InChI is InChI=1S/C10H18N2O4S/c1-12(2)17(14,15)10-5-4-9(16-10)8-11-6-3-7-13/h4-5,11,13H,3,6-8H2,1-2H3. The van der Waals surface area contributed by atoms with Crippen LogP contribution in [-0.2, 0) is 16.6 Å². The van der Waals surface area contributed by atoms with E-state index >= 15 is 0 Å². The molecule has 0 unspecified atom stereocenters. The van der Waals surface area contributed by atoms with Crippen molar-refractivity contribution in [1.82, 2.24) is 9.62 Å². The number of nitrogens with one attached hydrogen (secondary N) is 1. The van der Waals surface area contributed by atoms with Gasteiger partial charge in [-0.25, -0.2) is 12.7 Å². The van der Waals surface area contributed by atoms with Gasteiger partial charge in [-0.15, -0.1) is 0 Å². The number of hydrogen-bond donors (Lipinski definition) is 2. The molecule has 0 fully saturated rings. The SMILES string of the molecule is CN(C)S(=O)(=O)c1ccc(CNCCCO)o1. The van der Waals surface area contributed by atoms with E-state index in [0.29, 0.717) is 25.3 Å². The molecule has 0 spiro atoms. The highest BCUT2D eigenvalue weighted by Gasteiger charge is 2.21. The normalized spacial score (nSPS) is 12.2. The van der Waals surface area contributed by atoms with E-state index in [9.17, 15) is 8.42 Å². The molecule has 0 amide bonds. The summed E-state index contributed by atoms with van der Waals surface area (Å²) >= 11 is 0. The summed E-state index contributed by atoms with van der Waals surface area (Å²) in [5.41, 5.74) is 0. The molecule has 1 rings (SSSR count). The Morgan fingerprint density at radius 3 is 2.71 bits per heavy atom. The summed E-state index contributed by atoms with van der Waals surface area (Å²) in [6.07, 6.45) is 0.656. The minimum atomic E-state index is -3.49. The fraction of sp³-hybridized carbons (Fsp3) is 0.600. The second-order valence-corrected chi connectivity index (χ2v) is 5.84. The van der Waals surface area contributed by atoms with Gasteiger partial charge in [-0.1, -0.05) is 0 Å². The highest BCUT2D eigenvalue weighted by molar-refractivity contribution is 7.88. The molecule has 6 nitrogen and oxygen atoms in total. The van der Waals surface area contributed by atoms with Crippen molar-refractivity contribution in [3.8, 4) is 0 Å². The molecule has 0 aromatic carbocycles. The van der Waals surface area contributed by atoms with Gasteiger partial charge in [-0.3, -0.25) is 0 Å². The quantitative estimate of drug-likeness (QED) is 0.676. The fourth-order valence-corrected chi connectivity index (χ4v) is 2.00. The van der Waals surface area contributed by atoms with Crippen molar-refractivity contribution >= 4 is 10.0 Å². The topological polar surface area (TPSA) is 82.8 Å². The number of furan rings is 1. The maximum absolute atomic E-state index is 11.7. The summed E-state index contributed by atoms with van der Waals surface area (Å²) in [5.74, 6) is 0.559. The van der Waals surface area contributed by atoms with Crippen LogP contribution in [0, 0.1) is 0 Å². The van der Waals surface area contributed by atoms with Crippen LogP contribution >= 0.6 is 0 Å². The van der Waals surface area contributed by atoms with E-state index in [-0.39, 0.29) is 11.7 Å². The Hall–Kier alpha value is -0.890. The molecule has 98 valence electrons. The first kappa shape index (κ1) is 14.2. The van der Waals surface area contributed by atoms with Crippen LogP contribution in [-0.4, -0.2) is 45.1 Å². The molecule has 0 atom stereocenters. The van der Waals surface area contributed by atoms with Crippen molar-refractivity contribution in [3.63, 3.8) is 0 Å². The van der Waals surface area contributed by atoms with Crippen molar-refractivity contribution < 1.29 is 17.9 Å². The summed E-state index contributed by atoms with van der Waals surface area (Å²) in [4.78, 5) is 0. The molecule has 0 bridgehead atoms. The van der Waals surface area contributed by atoms with Crippen molar-refractivity contribution in [3.05, 3.63) is 17.9 Å². The first-order chi connectivity index (χ1) is 7.98. The molecule has 1 heterocycles. The van der Waals surface area contributed by atoms with Crippen molar-refractivity contribution in [2.75, 3.05) is 27.2 Å². The smallest absolute Gasteiger partial charge is 0.275 e. The highest BCUT2D eigenvalue weighted by Crippen LogP contribution is 2.16. The van der Waals surface area contributed by atoms with Crippen LogP contribution in [0.3, 0.4) is 0 Å². The van der Waals surface area contributed by atoms with Gasteiger partial charge in [0.2, 0.25) is 5.09 Å². The van der Waals surface area contributed by atoms with Gasteiger partial charge in [0.05, 0.1) is 6.54 Å². The number of aliphatic hydroxyl groups excluding tert-OH is 1. The van der Waals surface area contributed by atoms with Crippen molar-refractivity contribution in [2.24, 2.45) is 0 Å². The Labute approximate surface area is 101 Å². The summed E-state index contributed by atoms with van der Waals surface area (Å²) in [7, 11) is -0.582. The lowest BCUT2D eigenvalue weighted by Crippen LogP contribution is -2.21. The molecule has 2 N–H and O–H groups in total. The van der Waals surface area contributed by atoms with Crippen LogP contribution in [0.15, 0.2) is 21.6 Å². The Balaban J connectivity index is 2.60. The zero-order valence-electron chi connectivity index (χ0n) is 10.0. The Morgan fingerprint density at radius 1 is 1.41 bits per heavy atom. The summed E-state index contributed by atoms with van der Waals surface area (Å²) in [6.45, 7) is 1.24. The maximum Gasteiger partial charge on any atom is 0.275 e. The van der Waals surface area contributed by atoms with Crippen LogP contribution in [0.4, 0.5) is 0 Å². The molecule has 0 aliphatic carbocycles. The first-order valence-electron chi connectivity index (χ1n) is 5.31. The van der Waals surface area contributed by atoms with E-state index in [4.69, 9.17) is 9.52 Å². The predicted molar refractivity (Wildman–Crippen MR) is 63.0 cm³/mol. The van der Waals surface area contributed by atoms with Gasteiger partial charge in [0.25, 0.3) is 10.0 Å². The third-order valence-electron chi connectivity index (χ3n) is 2.18. The molecule has 17 heavy (non-hydrogen) atoms. The number of sulfonamides is 1. The minimum Gasteiger partial charge on any atom is -0.447 e. The average molecular weight is 262 g/mol. The van der Waals surface area contributed by atoms with E-state index in [2.05, 4.69) is 5.32 Å². The molecule has 1 aromatic rings. The number of rotatable bonds is 7. The van der Waals surface area contributed by atoms with E-state index in [1.54, 1.807) is 6.07 Å². The van der Waals surface area contributed by atoms with Crippen LogP contribution < -0.4 is 5.32 Å². The van der Waals surface area contributed by atoms with Gasteiger partial charge in [0.15, 0.2) is 0 Å². The molecule has 0 saturated heterocycles. The van der Waals surface area contributed by atoms with Crippen LogP contribution in [0.25, 0.3) is 0 Å². The lowest BCUT2D eigenvalue weighted by molar-refractivity contribution is 0.284. The number of aliphatic hydroxyl groups is 1. The minimum absolute atomic E-state index is 0.0542. The second kappa shape index (κ2) is 6.15. The van der Waals surface area contributed by atoms with Gasteiger partial charge < -0.3 is 14.8 Å². The van der Waals surface area contributed by atoms with Crippen LogP contribution in [0.2, 0.25) is 0 Å². The highest BCUT2D eigenvalue weighted by atomic mass is 32.2. The molecule has 0 aliphatic heterocycles. The largest absolute Gasteiger partial charge is 0.447 e. The first-order valence-corrected chi connectivity index (χ1v) is 6.75. The molecular weight excluding hydrogens is 244 g/mol. The molecule has 0 saturated carbocycles. The molecule has 1 aromatic heterocycles. The molecule has 0 aliphatic rings. The van der Waals surface area contributed by atoms with Gasteiger partial charge in [0, 0.05) is 20.7 Å². The zero-order chi connectivity index (χ0) is 12.9. The average Bonchev–Trinajstić information content (AvgIpc) is 2.73. The van der Waals surface area contributed by atoms with Crippen LogP contribution in [0.5, 0.6) is 0 Å².